The van der Waals surface area contributed by atoms with E-state index < -0.39 is 0 Å². The molecule has 2 aliphatic carbocycles. The monoisotopic (exact) mass is 405 g/mol. The highest BCUT2D eigenvalue weighted by atomic mass is 32.2. The zero-order chi connectivity index (χ0) is 19.3. The molecule has 0 aromatic carbocycles. The Morgan fingerprint density at radius 2 is 1.89 bits per heavy atom. The SMILES string of the molecule is CC1=C2CCCC2=C(OC2NCCCC2NC(=O)CSC2CCCCN2)CC1. The number of ether oxygens (including phenoxy) is 1. The first-order valence-electron chi connectivity index (χ1n) is 11.2. The smallest absolute Gasteiger partial charge is 0.230 e. The van der Waals surface area contributed by atoms with Crippen LogP contribution >= 0.6 is 11.8 Å². The minimum atomic E-state index is -0.0988. The summed E-state index contributed by atoms with van der Waals surface area (Å²) < 4.78 is 6.50. The van der Waals surface area contributed by atoms with E-state index in [9.17, 15) is 4.79 Å². The lowest BCUT2D eigenvalue weighted by atomic mass is 9.92. The summed E-state index contributed by atoms with van der Waals surface area (Å²) in [5.74, 6) is 1.84. The van der Waals surface area contributed by atoms with Gasteiger partial charge in [0.05, 0.1) is 17.2 Å². The van der Waals surface area contributed by atoms with Crippen molar-refractivity contribution in [3.8, 4) is 0 Å². The Bertz CT molecular complexity index is 640. The number of piperidine rings is 2. The maximum absolute atomic E-state index is 12.6. The third-order valence-electron chi connectivity index (χ3n) is 6.50. The predicted octanol–water partition coefficient (Wildman–Crippen LogP) is 3.58. The normalized spacial score (nSPS) is 31.0. The molecule has 3 fully saturated rings. The maximum Gasteiger partial charge on any atom is 0.230 e. The fourth-order valence-corrected chi connectivity index (χ4v) is 5.93. The van der Waals surface area contributed by atoms with Crippen molar-refractivity contribution in [3.63, 3.8) is 0 Å². The van der Waals surface area contributed by atoms with E-state index in [2.05, 4.69) is 22.9 Å². The molecule has 3 atom stereocenters. The zero-order valence-corrected chi connectivity index (χ0v) is 18.0. The van der Waals surface area contributed by atoms with E-state index in [1.807, 2.05) is 0 Å². The Morgan fingerprint density at radius 3 is 2.75 bits per heavy atom. The third-order valence-corrected chi connectivity index (χ3v) is 7.73. The van der Waals surface area contributed by atoms with Crippen LogP contribution in [0.5, 0.6) is 0 Å². The minimum absolute atomic E-state index is 0.0612. The van der Waals surface area contributed by atoms with Crippen molar-refractivity contribution in [3.05, 3.63) is 22.5 Å². The lowest BCUT2D eigenvalue weighted by molar-refractivity contribution is -0.120. The molecule has 1 saturated carbocycles. The van der Waals surface area contributed by atoms with Gasteiger partial charge in [-0.15, -0.1) is 11.8 Å². The Balaban J connectivity index is 1.33. The van der Waals surface area contributed by atoms with Gasteiger partial charge in [0.2, 0.25) is 5.91 Å². The van der Waals surface area contributed by atoms with Gasteiger partial charge in [-0.2, -0.15) is 0 Å². The van der Waals surface area contributed by atoms with Gasteiger partial charge < -0.3 is 15.4 Å². The molecule has 4 aliphatic rings. The van der Waals surface area contributed by atoms with Crippen molar-refractivity contribution < 1.29 is 9.53 Å². The molecule has 0 aromatic rings. The molecule has 5 nitrogen and oxygen atoms in total. The van der Waals surface area contributed by atoms with Gasteiger partial charge in [-0.05, 0) is 88.9 Å². The number of hydrogen-bond acceptors (Lipinski definition) is 5. The van der Waals surface area contributed by atoms with E-state index in [0.717, 1.165) is 45.2 Å². The average Bonchev–Trinajstić information content (AvgIpc) is 3.22. The molecule has 6 heteroatoms. The van der Waals surface area contributed by atoms with Gasteiger partial charge in [-0.25, -0.2) is 0 Å². The van der Waals surface area contributed by atoms with Crippen LogP contribution in [0.4, 0.5) is 0 Å². The van der Waals surface area contributed by atoms with E-state index in [-0.39, 0.29) is 18.2 Å². The summed E-state index contributed by atoms with van der Waals surface area (Å²) in [6, 6.07) is 0.0612. The molecule has 2 heterocycles. The maximum atomic E-state index is 12.6. The summed E-state index contributed by atoms with van der Waals surface area (Å²) in [5.41, 5.74) is 4.56. The number of nitrogens with one attached hydrogen (secondary N) is 3. The number of rotatable bonds is 6. The molecule has 28 heavy (non-hydrogen) atoms. The molecule has 0 radical (unpaired) electrons. The second-order valence-electron chi connectivity index (χ2n) is 8.57. The lowest BCUT2D eigenvalue weighted by Crippen LogP contribution is -2.55. The van der Waals surface area contributed by atoms with Crippen molar-refractivity contribution in [2.75, 3.05) is 18.8 Å². The Kier molecular flexibility index (Phi) is 7.02. The molecule has 2 aliphatic heterocycles. The van der Waals surface area contributed by atoms with Crippen LogP contribution in [-0.2, 0) is 9.53 Å². The minimum Gasteiger partial charge on any atom is -0.477 e. The second kappa shape index (κ2) is 9.68. The van der Waals surface area contributed by atoms with E-state index >= 15 is 0 Å². The van der Waals surface area contributed by atoms with Crippen LogP contribution in [0.15, 0.2) is 22.5 Å². The zero-order valence-electron chi connectivity index (χ0n) is 17.1. The highest BCUT2D eigenvalue weighted by Crippen LogP contribution is 2.41. The first kappa shape index (κ1) is 20.3. The molecule has 0 bridgehead atoms. The van der Waals surface area contributed by atoms with Crippen LogP contribution in [0.3, 0.4) is 0 Å². The van der Waals surface area contributed by atoms with Gasteiger partial charge in [-0.1, -0.05) is 5.57 Å². The average molecular weight is 406 g/mol. The summed E-state index contributed by atoms with van der Waals surface area (Å²) in [7, 11) is 0. The van der Waals surface area contributed by atoms with E-state index in [0.29, 0.717) is 11.1 Å². The number of carbonyl (C=O) groups is 1. The molecular formula is C22H35N3O2S. The van der Waals surface area contributed by atoms with Crippen LogP contribution in [0, 0.1) is 0 Å². The summed E-state index contributed by atoms with van der Waals surface area (Å²) in [4.78, 5) is 12.6. The molecule has 0 spiro atoms. The third kappa shape index (κ3) is 4.95. The van der Waals surface area contributed by atoms with E-state index in [1.165, 1.54) is 43.4 Å². The fourth-order valence-electron chi connectivity index (χ4n) is 4.93. The highest BCUT2D eigenvalue weighted by molar-refractivity contribution is 8.00. The number of carbonyl (C=O) groups excluding carboxylic acids is 1. The summed E-state index contributed by atoms with van der Waals surface area (Å²) in [6.07, 6.45) is 11.4. The van der Waals surface area contributed by atoms with Gasteiger partial charge >= 0.3 is 0 Å². The predicted molar refractivity (Wildman–Crippen MR) is 115 cm³/mol. The molecular weight excluding hydrogens is 370 g/mol. The number of thioether (sulfide) groups is 1. The van der Waals surface area contributed by atoms with Crippen LogP contribution < -0.4 is 16.0 Å². The van der Waals surface area contributed by atoms with Crippen molar-refractivity contribution in [2.24, 2.45) is 0 Å². The van der Waals surface area contributed by atoms with Gasteiger partial charge in [0.1, 0.15) is 5.76 Å². The quantitative estimate of drug-likeness (QED) is 0.630. The topological polar surface area (TPSA) is 62.4 Å². The lowest BCUT2D eigenvalue weighted by Gasteiger charge is -2.35. The molecule has 4 rings (SSSR count). The standard InChI is InChI=1S/C22H35N3O2S/c1-15-10-11-19(17-7-4-6-16(15)17)27-22-18(8-5-13-24-22)25-20(26)14-28-21-9-2-3-12-23-21/h18,21-24H,2-14H2,1H3,(H,25,26). The largest absolute Gasteiger partial charge is 0.477 e. The Morgan fingerprint density at radius 1 is 1.04 bits per heavy atom. The summed E-state index contributed by atoms with van der Waals surface area (Å²) in [5, 5.41) is 10.7. The van der Waals surface area contributed by atoms with Crippen molar-refractivity contribution in [2.45, 2.75) is 88.8 Å². The molecule has 2 saturated heterocycles. The van der Waals surface area contributed by atoms with Crippen LogP contribution in [0.25, 0.3) is 0 Å². The number of hydrogen-bond donors (Lipinski definition) is 3. The first-order chi connectivity index (χ1) is 13.7. The number of amides is 1. The van der Waals surface area contributed by atoms with Gasteiger partial charge in [-0.3, -0.25) is 10.1 Å². The number of fused-ring (bicyclic) bond motifs is 1. The van der Waals surface area contributed by atoms with Gasteiger partial charge in [0.25, 0.3) is 0 Å². The number of allylic oxidation sites excluding steroid dienone is 4. The molecule has 0 aromatic heterocycles. The van der Waals surface area contributed by atoms with Gasteiger partial charge in [0, 0.05) is 6.42 Å². The molecule has 156 valence electrons. The van der Waals surface area contributed by atoms with Gasteiger partial charge in [0.15, 0.2) is 6.23 Å². The Labute approximate surface area is 173 Å². The van der Waals surface area contributed by atoms with Crippen LogP contribution in [0.2, 0.25) is 0 Å². The molecule has 3 unspecified atom stereocenters. The van der Waals surface area contributed by atoms with E-state index in [4.69, 9.17) is 4.74 Å². The first-order valence-corrected chi connectivity index (χ1v) is 12.2. The fraction of sp³-hybridized carbons (Fsp3) is 0.773. The van der Waals surface area contributed by atoms with Crippen LogP contribution in [-0.4, -0.2) is 42.4 Å². The van der Waals surface area contributed by atoms with E-state index in [1.54, 1.807) is 22.9 Å². The van der Waals surface area contributed by atoms with Crippen molar-refractivity contribution in [1.82, 2.24) is 16.0 Å². The molecule has 3 N–H and O–H groups in total. The van der Waals surface area contributed by atoms with Crippen molar-refractivity contribution >= 4 is 17.7 Å². The van der Waals surface area contributed by atoms with Crippen molar-refractivity contribution in [1.29, 1.82) is 0 Å². The highest BCUT2D eigenvalue weighted by Gasteiger charge is 2.31. The summed E-state index contributed by atoms with van der Waals surface area (Å²) >= 11 is 1.74. The molecule has 1 amide bonds. The summed E-state index contributed by atoms with van der Waals surface area (Å²) in [6.45, 7) is 4.31. The van der Waals surface area contributed by atoms with Crippen LogP contribution in [0.1, 0.15) is 71.1 Å². The second-order valence-corrected chi connectivity index (χ2v) is 9.76. The Hall–Kier alpha value is -0.980.